The summed E-state index contributed by atoms with van der Waals surface area (Å²) in [6.07, 6.45) is 5.02. The Labute approximate surface area is 137 Å². The molecule has 1 aromatic carbocycles. The first-order valence-corrected chi connectivity index (χ1v) is 8.34. The van der Waals surface area contributed by atoms with Gasteiger partial charge in [0.25, 0.3) is 0 Å². The molecule has 2 unspecified atom stereocenters. The van der Waals surface area contributed by atoms with Gasteiger partial charge < -0.3 is 15.4 Å². The Balaban J connectivity index is 1.71. The highest BCUT2D eigenvalue weighted by molar-refractivity contribution is 5.76. The van der Waals surface area contributed by atoms with Crippen LogP contribution in [0, 0.1) is 5.92 Å². The summed E-state index contributed by atoms with van der Waals surface area (Å²) in [6, 6.07) is 10.7. The van der Waals surface area contributed by atoms with Gasteiger partial charge in [-0.1, -0.05) is 36.8 Å². The zero-order valence-corrected chi connectivity index (χ0v) is 13.7. The summed E-state index contributed by atoms with van der Waals surface area (Å²) < 4.78 is 4.48. The second-order valence-corrected chi connectivity index (χ2v) is 6.08. The van der Waals surface area contributed by atoms with E-state index in [0.717, 1.165) is 12.8 Å². The lowest BCUT2D eigenvalue weighted by Crippen LogP contribution is -2.38. The van der Waals surface area contributed by atoms with E-state index in [2.05, 4.69) is 39.6 Å². The molecule has 126 valence electrons. The van der Waals surface area contributed by atoms with Crippen LogP contribution in [0.2, 0.25) is 0 Å². The molecular formula is C18H26N2O3. The van der Waals surface area contributed by atoms with Gasteiger partial charge >= 0.3 is 6.09 Å². The largest absolute Gasteiger partial charge is 0.453 e. The summed E-state index contributed by atoms with van der Waals surface area (Å²) in [7, 11) is 1.33. The van der Waals surface area contributed by atoms with E-state index >= 15 is 0 Å². The molecule has 2 amide bonds. The van der Waals surface area contributed by atoms with Gasteiger partial charge in [0.15, 0.2) is 0 Å². The van der Waals surface area contributed by atoms with Crippen LogP contribution in [0.5, 0.6) is 0 Å². The van der Waals surface area contributed by atoms with Crippen LogP contribution in [0.4, 0.5) is 4.79 Å². The number of amides is 2. The molecular weight excluding hydrogens is 292 g/mol. The fourth-order valence-corrected chi connectivity index (χ4v) is 3.18. The zero-order valence-electron chi connectivity index (χ0n) is 13.7. The van der Waals surface area contributed by atoms with Gasteiger partial charge in [-0.25, -0.2) is 4.79 Å². The highest BCUT2D eigenvalue weighted by Gasteiger charge is 2.28. The van der Waals surface area contributed by atoms with E-state index in [4.69, 9.17) is 0 Å². The molecule has 2 atom stereocenters. The van der Waals surface area contributed by atoms with Crippen molar-refractivity contribution < 1.29 is 14.3 Å². The molecule has 0 radical (unpaired) electrons. The molecule has 0 heterocycles. The molecule has 0 spiro atoms. The molecule has 5 nitrogen and oxygen atoms in total. The number of carbonyl (C=O) groups is 2. The number of nitrogens with one attached hydrogen (secondary N) is 2. The minimum atomic E-state index is -0.455. The van der Waals surface area contributed by atoms with Crippen molar-refractivity contribution in [3.63, 3.8) is 0 Å². The number of hydrogen-bond donors (Lipinski definition) is 2. The SMILES string of the molecule is COC(=O)NCCCC(=O)NC1CCCC1Cc1ccccc1. The van der Waals surface area contributed by atoms with E-state index < -0.39 is 6.09 Å². The van der Waals surface area contributed by atoms with Crippen LogP contribution >= 0.6 is 0 Å². The lowest BCUT2D eigenvalue weighted by atomic mass is 9.94. The molecule has 0 aromatic heterocycles. The van der Waals surface area contributed by atoms with Gasteiger partial charge in [0, 0.05) is 19.0 Å². The second-order valence-electron chi connectivity index (χ2n) is 6.08. The fraction of sp³-hybridized carbons (Fsp3) is 0.556. The number of rotatable bonds is 7. The molecule has 2 rings (SSSR count). The molecule has 2 N–H and O–H groups in total. The maximum absolute atomic E-state index is 12.1. The topological polar surface area (TPSA) is 67.4 Å². The Bertz CT molecular complexity index is 504. The van der Waals surface area contributed by atoms with Crippen molar-refractivity contribution >= 4 is 12.0 Å². The van der Waals surface area contributed by atoms with Gasteiger partial charge in [-0.15, -0.1) is 0 Å². The van der Waals surface area contributed by atoms with Crippen LogP contribution in [0.15, 0.2) is 30.3 Å². The van der Waals surface area contributed by atoms with Gasteiger partial charge in [-0.3, -0.25) is 4.79 Å². The van der Waals surface area contributed by atoms with E-state index in [1.54, 1.807) is 0 Å². The predicted octanol–water partition coefficient (Wildman–Crippen LogP) is 2.65. The van der Waals surface area contributed by atoms with E-state index in [-0.39, 0.29) is 11.9 Å². The maximum Gasteiger partial charge on any atom is 0.406 e. The minimum absolute atomic E-state index is 0.0710. The van der Waals surface area contributed by atoms with Crippen LogP contribution in [0.1, 0.15) is 37.7 Å². The Morgan fingerprint density at radius 3 is 2.74 bits per heavy atom. The van der Waals surface area contributed by atoms with Crippen LogP contribution in [0.25, 0.3) is 0 Å². The second kappa shape index (κ2) is 9.18. The summed E-state index contributed by atoms with van der Waals surface area (Å²) >= 11 is 0. The third kappa shape index (κ3) is 5.93. The smallest absolute Gasteiger partial charge is 0.406 e. The summed E-state index contributed by atoms with van der Waals surface area (Å²) in [4.78, 5) is 23.0. The van der Waals surface area contributed by atoms with Gasteiger partial charge in [0.2, 0.25) is 5.91 Å². The van der Waals surface area contributed by atoms with Gasteiger partial charge in [0.1, 0.15) is 0 Å². The van der Waals surface area contributed by atoms with Crippen molar-refractivity contribution in [2.45, 2.75) is 44.6 Å². The Morgan fingerprint density at radius 2 is 2.00 bits per heavy atom. The molecule has 1 saturated carbocycles. The van der Waals surface area contributed by atoms with E-state index in [1.807, 2.05) is 6.07 Å². The maximum atomic E-state index is 12.1. The van der Waals surface area contributed by atoms with Gasteiger partial charge in [0.05, 0.1) is 7.11 Å². The van der Waals surface area contributed by atoms with Gasteiger partial charge in [-0.05, 0) is 37.2 Å². The van der Waals surface area contributed by atoms with Gasteiger partial charge in [-0.2, -0.15) is 0 Å². The Hall–Kier alpha value is -2.04. The van der Waals surface area contributed by atoms with Crippen molar-refractivity contribution in [3.8, 4) is 0 Å². The predicted molar refractivity (Wildman–Crippen MR) is 89.1 cm³/mol. The lowest BCUT2D eigenvalue weighted by Gasteiger charge is -2.21. The first-order chi connectivity index (χ1) is 11.2. The van der Waals surface area contributed by atoms with Crippen LogP contribution < -0.4 is 10.6 Å². The lowest BCUT2D eigenvalue weighted by molar-refractivity contribution is -0.122. The fourth-order valence-electron chi connectivity index (χ4n) is 3.18. The van der Waals surface area contributed by atoms with Crippen LogP contribution in [-0.4, -0.2) is 31.7 Å². The highest BCUT2D eigenvalue weighted by atomic mass is 16.5. The van der Waals surface area contributed by atoms with E-state index in [1.165, 1.54) is 25.5 Å². The summed E-state index contributed by atoms with van der Waals surface area (Å²) in [5, 5.41) is 5.75. The van der Waals surface area contributed by atoms with Crippen molar-refractivity contribution in [2.75, 3.05) is 13.7 Å². The Kier molecular flexibility index (Phi) is 6.91. The third-order valence-corrected chi connectivity index (χ3v) is 4.38. The van der Waals surface area contributed by atoms with Crippen molar-refractivity contribution in [1.29, 1.82) is 0 Å². The molecule has 0 aliphatic heterocycles. The van der Waals surface area contributed by atoms with Crippen molar-refractivity contribution in [3.05, 3.63) is 35.9 Å². The first-order valence-electron chi connectivity index (χ1n) is 8.34. The normalized spacial score (nSPS) is 20.0. The highest BCUT2D eigenvalue weighted by Crippen LogP contribution is 2.28. The Morgan fingerprint density at radius 1 is 1.22 bits per heavy atom. The first kappa shape index (κ1) is 17.3. The van der Waals surface area contributed by atoms with Crippen molar-refractivity contribution in [1.82, 2.24) is 10.6 Å². The molecule has 0 bridgehead atoms. The number of benzene rings is 1. The van der Waals surface area contributed by atoms with E-state index in [0.29, 0.717) is 25.3 Å². The summed E-state index contributed by atoms with van der Waals surface area (Å²) in [6.45, 7) is 0.457. The summed E-state index contributed by atoms with van der Waals surface area (Å²) in [5.41, 5.74) is 1.33. The third-order valence-electron chi connectivity index (χ3n) is 4.38. The molecule has 1 aromatic rings. The number of ether oxygens (including phenoxy) is 1. The molecule has 1 aliphatic carbocycles. The number of methoxy groups -OCH3 is 1. The minimum Gasteiger partial charge on any atom is -0.453 e. The van der Waals surface area contributed by atoms with Crippen LogP contribution in [-0.2, 0) is 16.0 Å². The molecule has 1 aliphatic rings. The molecule has 5 heteroatoms. The zero-order chi connectivity index (χ0) is 16.5. The quantitative estimate of drug-likeness (QED) is 0.760. The van der Waals surface area contributed by atoms with Crippen LogP contribution in [0.3, 0.4) is 0 Å². The molecule has 1 fully saturated rings. The average molecular weight is 318 g/mol. The average Bonchev–Trinajstić information content (AvgIpc) is 2.99. The molecule has 0 saturated heterocycles. The monoisotopic (exact) mass is 318 g/mol. The number of hydrogen-bond acceptors (Lipinski definition) is 3. The molecule has 23 heavy (non-hydrogen) atoms. The number of carbonyl (C=O) groups excluding carboxylic acids is 2. The van der Waals surface area contributed by atoms with Crippen molar-refractivity contribution in [2.24, 2.45) is 5.92 Å². The van der Waals surface area contributed by atoms with E-state index in [9.17, 15) is 9.59 Å². The summed E-state index contributed by atoms with van der Waals surface area (Å²) in [5.74, 6) is 0.594. The number of alkyl carbamates (subject to hydrolysis) is 1. The standard InChI is InChI=1S/C18H26N2O3/c1-23-18(22)19-12-6-11-17(21)20-16-10-5-9-15(16)13-14-7-3-2-4-8-14/h2-4,7-8,15-16H,5-6,9-13H2,1H3,(H,19,22)(H,20,21).